The standard InChI is InChI=1S/C13H20Cl2N2O3S.ClH/c1-4-13(5-2,8-16)17-21(18,19)12-7-9(14)11(20-3)6-10(12)15;/h6-7,17H,4-5,8,16H2,1-3H3;1H. The van der Waals surface area contributed by atoms with Crippen molar-refractivity contribution in [3.63, 3.8) is 0 Å². The van der Waals surface area contributed by atoms with Gasteiger partial charge in [-0.25, -0.2) is 13.1 Å². The van der Waals surface area contributed by atoms with Crippen molar-refractivity contribution < 1.29 is 13.2 Å². The van der Waals surface area contributed by atoms with Gasteiger partial charge in [-0.15, -0.1) is 12.4 Å². The zero-order valence-corrected chi connectivity index (χ0v) is 15.8. The third-order valence-corrected chi connectivity index (χ3v) is 5.93. The molecule has 0 aliphatic heterocycles. The SMILES string of the molecule is CCC(CC)(CN)NS(=O)(=O)c1cc(Cl)c(OC)cc1Cl.Cl. The van der Waals surface area contributed by atoms with Crippen LogP contribution in [0, 0.1) is 0 Å². The second-order valence-corrected chi connectivity index (χ2v) is 7.18. The summed E-state index contributed by atoms with van der Waals surface area (Å²) in [5.74, 6) is 0.316. The van der Waals surface area contributed by atoms with Gasteiger partial charge in [-0.05, 0) is 18.9 Å². The first-order valence-corrected chi connectivity index (χ1v) is 8.76. The molecule has 1 rings (SSSR count). The van der Waals surface area contributed by atoms with E-state index in [0.717, 1.165) is 0 Å². The van der Waals surface area contributed by atoms with E-state index in [2.05, 4.69) is 4.72 Å². The largest absolute Gasteiger partial charge is 0.495 e. The predicted molar refractivity (Wildman–Crippen MR) is 93.0 cm³/mol. The van der Waals surface area contributed by atoms with E-state index in [1.54, 1.807) is 0 Å². The smallest absolute Gasteiger partial charge is 0.242 e. The Morgan fingerprint density at radius 1 is 1.23 bits per heavy atom. The van der Waals surface area contributed by atoms with E-state index in [9.17, 15) is 8.42 Å². The highest BCUT2D eigenvalue weighted by Crippen LogP contribution is 2.34. The minimum atomic E-state index is -3.83. The molecular formula is C13H21Cl3N2O3S. The Kier molecular flexibility index (Phi) is 8.47. The van der Waals surface area contributed by atoms with Crippen LogP contribution >= 0.6 is 35.6 Å². The number of halogens is 3. The van der Waals surface area contributed by atoms with Crippen LogP contribution in [0.5, 0.6) is 5.75 Å². The van der Waals surface area contributed by atoms with E-state index in [1.807, 2.05) is 13.8 Å². The lowest BCUT2D eigenvalue weighted by atomic mass is 9.95. The number of hydrogen-bond acceptors (Lipinski definition) is 4. The number of nitrogens with one attached hydrogen (secondary N) is 1. The molecule has 0 fully saturated rings. The van der Waals surface area contributed by atoms with Gasteiger partial charge in [0.1, 0.15) is 10.6 Å². The van der Waals surface area contributed by atoms with Gasteiger partial charge in [0.25, 0.3) is 0 Å². The van der Waals surface area contributed by atoms with Crippen LogP contribution in [0.3, 0.4) is 0 Å². The average molecular weight is 392 g/mol. The molecule has 0 atom stereocenters. The van der Waals surface area contributed by atoms with E-state index in [4.69, 9.17) is 33.7 Å². The van der Waals surface area contributed by atoms with Crippen LogP contribution in [0.25, 0.3) is 0 Å². The van der Waals surface area contributed by atoms with Crippen molar-refractivity contribution in [1.82, 2.24) is 4.72 Å². The molecule has 0 aliphatic carbocycles. The minimum absolute atomic E-state index is 0. The number of rotatable bonds is 7. The van der Waals surface area contributed by atoms with E-state index in [0.29, 0.717) is 18.6 Å². The summed E-state index contributed by atoms with van der Waals surface area (Å²) in [6.07, 6.45) is 1.14. The summed E-state index contributed by atoms with van der Waals surface area (Å²) < 4.78 is 32.7. The molecule has 0 radical (unpaired) electrons. The molecule has 0 spiro atoms. The summed E-state index contributed by atoms with van der Waals surface area (Å²) in [4.78, 5) is -0.0882. The monoisotopic (exact) mass is 390 g/mol. The van der Waals surface area contributed by atoms with Crippen molar-refractivity contribution in [2.45, 2.75) is 37.1 Å². The Morgan fingerprint density at radius 2 is 1.77 bits per heavy atom. The Labute approximate surface area is 148 Å². The Morgan fingerprint density at radius 3 is 2.18 bits per heavy atom. The quantitative estimate of drug-likeness (QED) is 0.747. The summed E-state index contributed by atoms with van der Waals surface area (Å²) in [5.41, 5.74) is 5.02. The number of ether oxygens (including phenoxy) is 1. The van der Waals surface area contributed by atoms with E-state index < -0.39 is 15.6 Å². The average Bonchev–Trinajstić information content (AvgIpc) is 2.46. The molecule has 3 N–H and O–H groups in total. The van der Waals surface area contributed by atoms with Gasteiger partial charge in [-0.3, -0.25) is 0 Å². The highest BCUT2D eigenvalue weighted by molar-refractivity contribution is 7.89. The van der Waals surface area contributed by atoms with Gasteiger partial charge in [0.15, 0.2) is 0 Å². The molecule has 0 aliphatic rings. The topological polar surface area (TPSA) is 81.4 Å². The van der Waals surface area contributed by atoms with Crippen molar-refractivity contribution in [1.29, 1.82) is 0 Å². The van der Waals surface area contributed by atoms with E-state index >= 15 is 0 Å². The first-order valence-electron chi connectivity index (χ1n) is 6.52. The summed E-state index contributed by atoms with van der Waals surface area (Å²) in [6, 6.07) is 2.65. The first-order chi connectivity index (χ1) is 9.75. The zero-order valence-electron chi connectivity index (χ0n) is 12.7. The third kappa shape index (κ3) is 4.63. The van der Waals surface area contributed by atoms with Crippen molar-refractivity contribution >= 4 is 45.6 Å². The van der Waals surface area contributed by atoms with Gasteiger partial charge in [0.05, 0.1) is 17.2 Å². The summed E-state index contributed by atoms with van der Waals surface area (Å²) in [7, 11) is -2.41. The van der Waals surface area contributed by atoms with Crippen LogP contribution in [0.15, 0.2) is 17.0 Å². The van der Waals surface area contributed by atoms with Gasteiger partial charge < -0.3 is 10.5 Å². The number of sulfonamides is 1. The molecule has 0 heterocycles. The van der Waals surface area contributed by atoms with Crippen LogP contribution in [0.1, 0.15) is 26.7 Å². The molecule has 9 heteroatoms. The number of nitrogens with two attached hydrogens (primary N) is 1. The molecule has 0 saturated carbocycles. The lowest BCUT2D eigenvalue weighted by Gasteiger charge is -2.31. The molecule has 5 nitrogen and oxygen atoms in total. The van der Waals surface area contributed by atoms with Gasteiger partial charge >= 0.3 is 0 Å². The highest BCUT2D eigenvalue weighted by atomic mass is 35.5. The first kappa shape index (κ1) is 21.8. The minimum Gasteiger partial charge on any atom is -0.495 e. The molecule has 0 amide bonds. The molecule has 1 aromatic rings. The fourth-order valence-corrected chi connectivity index (χ4v) is 4.34. The van der Waals surface area contributed by atoms with Gasteiger partial charge in [-0.1, -0.05) is 37.0 Å². The van der Waals surface area contributed by atoms with E-state index in [1.165, 1.54) is 19.2 Å². The maximum Gasteiger partial charge on any atom is 0.242 e. The molecule has 22 heavy (non-hydrogen) atoms. The van der Waals surface area contributed by atoms with Crippen molar-refractivity contribution in [2.75, 3.05) is 13.7 Å². The Hall–Kier alpha value is -0.240. The molecule has 0 saturated heterocycles. The Balaban J connectivity index is 0.00000441. The summed E-state index contributed by atoms with van der Waals surface area (Å²) in [6.45, 7) is 3.95. The van der Waals surface area contributed by atoms with Crippen molar-refractivity contribution in [2.24, 2.45) is 5.73 Å². The predicted octanol–water partition coefficient (Wildman–Crippen LogP) is 3.22. The van der Waals surface area contributed by atoms with Gasteiger partial charge in [0, 0.05) is 18.2 Å². The van der Waals surface area contributed by atoms with Crippen LogP contribution < -0.4 is 15.2 Å². The maximum atomic E-state index is 12.5. The van der Waals surface area contributed by atoms with Gasteiger partial charge in [0.2, 0.25) is 10.0 Å². The third-order valence-electron chi connectivity index (χ3n) is 3.59. The molecule has 128 valence electrons. The van der Waals surface area contributed by atoms with Gasteiger partial charge in [-0.2, -0.15) is 0 Å². The molecule has 0 aromatic heterocycles. The number of hydrogen-bond donors (Lipinski definition) is 2. The van der Waals surface area contributed by atoms with Crippen molar-refractivity contribution in [3.8, 4) is 5.75 Å². The zero-order chi connectivity index (χ0) is 16.3. The van der Waals surface area contributed by atoms with Crippen molar-refractivity contribution in [3.05, 3.63) is 22.2 Å². The normalized spacial score (nSPS) is 11.9. The lowest BCUT2D eigenvalue weighted by Crippen LogP contribution is -2.52. The highest BCUT2D eigenvalue weighted by Gasteiger charge is 2.32. The number of benzene rings is 1. The van der Waals surface area contributed by atoms with Crippen LogP contribution in [0.4, 0.5) is 0 Å². The fourth-order valence-electron chi connectivity index (χ4n) is 1.94. The second kappa shape index (κ2) is 8.57. The van der Waals surface area contributed by atoms with E-state index in [-0.39, 0.29) is 33.9 Å². The summed E-state index contributed by atoms with van der Waals surface area (Å²) in [5, 5.41) is 0.218. The second-order valence-electron chi connectivity index (χ2n) is 4.71. The molecular weight excluding hydrogens is 371 g/mol. The molecule has 1 aromatic carbocycles. The van der Waals surface area contributed by atoms with Crippen LogP contribution in [-0.4, -0.2) is 27.6 Å². The summed E-state index contributed by atoms with van der Waals surface area (Å²) >= 11 is 12.0. The van der Waals surface area contributed by atoms with Crippen LogP contribution in [-0.2, 0) is 10.0 Å². The molecule has 0 bridgehead atoms. The Bertz CT molecular complexity index is 597. The fraction of sp³-hybridized carbons (Fsp3) is 0.538. The van der Waals surface area contributed by atoms with Crippen LogP contribution in [0.2, 0.25) is 10.0 Å². The maximum absolute atomic E-state index is 12.5. The number of methoxy groups -OCH3 is 1. The lowest BCUT2D eigenvalue weighted by molar-refractivity contribution is 0.363. The molecule has 0 unspecified atom stereocenters.